The lowest BCUT2D eigenvalue weighted by Gasteiger charge is -2.15. The van der Waals surface area contributed by atoms with Crippen LogP contribution in [0.25, 0.3) is 0 Å². The SMILES string of the molecule is N#Cc1cc(F)c(NC2CCC(C(=O)O)C2)c(F)c1. The number of nitrogens with one attached hydrogen (secondary N) is 1. The fraction of sp³-hybridized carbons (Fsp3) is 0.385. The van der Waals surface area contributed by atoms with E-state index in [4.69, 9.17) is 10.4 Å². The summed E-state index contributed by atoms with van der Waals surface area (Å²) in [5, 5.41) is 20.1. The van der Waals surface area contributed by atoms with Gasteiger partial charge in [-0.15, -0.1) is 0 Å². The molecule has 0 aliphatic heterocycles. The van der Waals surface area contributed by atoms with E-state index in [1.807, 2.05) is 0 Å². The summed E-state index contributed by atoms with van der Waals surface area (Å²) in [5.74, 6) is -3.03. The van der Waals surface area contributed by atoms with Gasteiger partial charge < -0.3 is 10.4 Å². The normalized spacial score (nSPS) is 21.9. The molecule has 1 aromatic carbocycles. The van der Waals surface area contributed by atoms with E-state index >= 15 is 0 Å². The van der Waals surface area contributed by atoms with Crippen LogP contribution in [-0.4, -0.2) is 17.1 Å². The molecule has 1 aliphatic rings. The van der Waals surface area contributed by atoms with Crippen molar-refractivity contribution in [2.75, 3.05) is 5.32 Å². The molecule has 0 radical (unpaired) electrons. The molecule has 2 rings (SSSR count). The van der Waals surface area contributed by atoms with Crippen LogP contribution in [0, 0.1) is 28.9 Å². The summed E-state index contributed by atoms with van der Waals surface area (Å²) in [6.07, 6.45) is 1.39. The number of benzene rings is 1. The predicted molar refractivity (Wildman–Crippen MR) is 63.5 cm³/mol. The third kappa shape index (κ3) is 2.81. The molecule has 2 unspecified atom stereocenters. The maximum atomic E-state index is 13.6. The van der Waals surface area contributed by atoms with Gasteiger partial charge in [-0.05, 0) is 31.4 Å². The molecule has 6 heteroatoms. The number of hydrogen-bond acceptors (Lipinski definition) is 3. The van der Waals surface area contributed by atoms with E-state index in [9.17, 15) is 13.6 Å². The average Bonchev–Trinajstić information content (AvgIpc) is 2.82. The van der Waals surface area contributed by atoms with Crippen LogP contribution in [0.4, 0.5) is 14.5 Å². The predicted octanol–water partition coefficient (Wildman–Crippen LogP) is 2.50. The zero-order valence-corrected chi connectivity index (χ0v) is 9.99. The third-order valence-corrected chi connectivity index (χ3v) is 3.30. The highest BCUT2D eigenvalue weighted by atomic mass is 19.1. The Morgan fingerprint density at radius 3 is 2.47 bits per heavy atom. The molecular weight excluding hydrogens is 254 g/mol. The maximum absolute atomic E-state index is 13.6. The summed E-state index contributed by atoms with van der Waals surface area (Å²) >= 11 is 0. The number of halogens is 2. The first-order valence-electron chi connectivity index (χ1n) is 5.89. The Kier molecular flexibility index (Phi) is 3.65. The number of carbonyl (C=O) groups is 1. The van der Waals surface area contributed by atoms with Gasteiger partial charge in [0.1, 0.15) is 5.69 Å². The van der Waals surface area contributed by atoms with Crippen molar-refractivity contribution in [1.82, 2.24) is 0 Å². The molecule has 1 fully saturated rings. The van der Waals surface area contributed by atoms with Crippen LogP contribution in [0.15, 0.2) is 12.1 Å². The van der Waals surface area contributed by atoms with E-state index in [1.54, 1.807) is 6.07 Å². The Morgan fingerprint density at radius 1 is 1.37 bits per heavy atom. The third-order valence-electron chi connectivity index (χ3n) is 3.30. The van der Waals surface area contributed by atoms with Gasteiger partial charge in [-0.25, -0.2) is 8.78 Å². The van der Waals surface area contributed by atoms with Crippen molar-refractivity contribution in [3.63, 3.8) is 0 Å². The van der Waals surface area contributed by atoms with Crippen molar-refractivity contribution in [3.8, 4) is 6.07 Å². The highest BCUT2D eigenvalue weighted by molar-refractivity contribution is 5.70. The summed E-state index contributed by atoms with van der Waals surface area (Å²) in [7, 11) is 0. The number of carboxylic acids is 1. The number of carboxylic acid groups (broad SMARTS) is 1. The summed E-state index contributed by atoms with van der Waals surface area (Å²) in [5.41, 5.74) is -0.384. The van der Waals surface area contributed by atoms with Crippen LogP contribution in [0.1, 0.15) is 24.8 Å². The monoisotopic (exact) mass is 266 g/mol. The molecule has 0 heterocycles. The minimum atomic E-state index is -0.884. The summed E-state index contributed by atoms with van der Waals surface area (Å²) in [6, 6.07) is 3.31. The van der Waals surface area contributed by atoms with E-state index in [2.05, 4.69) is 5.32 Å². The van der Waals surface area contributed by atoms with Gasteiger partial charge in [-0.2, -0.15) is 5.26 Å². The van der Waals surface area contributed by atoms with E-state index in [-0.39, 0.29) is 17.3 Å². The second-order valence-corrected chi connectivity index (χ2v) is 4.62. The molecule has 2 N–H and O–H groups in total. The van der Waals surface area contributed by atoms with Crippen molar-refractivity contribution in [2.24, 2.45) is 5.92 Å². The van der Waals surface area contributed by atoms with Crippen LogP contribution in [0.2, 0.25) is 0 Å². The van der Waals surface area contributed by atoms with Gasteiger partial charge in [0.05, 0.1) is 17.6 Å². The summed E-state index contributed by atoms with van der Waals surface area (Å²) in [6.45, 7) is 0. The molecule has 0 spiro atoms. The molecule has 100 valence electrons. The minimum absolute atomic E-state index is 0.0876. The van der Waals surface area contributed by atoms with Gasteiger partial charge in [-0.1, -0.05) is 0 Å². The molecule has 0 amide bonds. The van der Waals surface area contributed by atoms with Gasteiger partial charge >= 0.3 is 5.97 Å². The van der Waals surface area contributed by atoms with Crippen LogP contribution < -0.4 is 5.32 Å². The van der Waals surface area contributed by atoms with Gasteiger partial charge in [0.25, 0.3) is 0 Å². The largest absolute Gasteiger partial charge is 0.481 e. The lowest BCUT2D eigenvalue weighted by molar-refractivity contribution is -0.141. The highest BCUT2D eigenvalue weighted by Crippen LogP contribution is 2.30. The van der Waals surface area contributed by atoms with Crippen molar-refractivity contribution in [1.29, 1.82) is 5.26 Å². The van der Waals surface area contributed by atoms with Crippen molar-refractivity contribution < 1.29 is 18.7 Å². The Labute approximate surface area is 108 Å². The van der Waals surface area contributed by atoms with Gasteiger partial charge in [0.15, 0.2) is 11.6 Å². The van der Waals surface area contributed by atoms with Gasteiger partial charge in [-0.3, -0.25) is 4.79 Å². The molecular formula is C13H12F2N2O2. The number of aliphatic carboxylic acids is 1. The molecule has 0 bridgehead atoms. The zero-order valence-electron chi connectivity index (χ0n) is 9.99. The van der Waals surface area contributed by atoms with Crippen LogP contribution >= 0.6 is 0 Å². The Hall–Kier alpha value is -2.16. The second kappa shape index (κ2) is 5.22. The number of nitrogens with zero attached hydrogens (tertiary/aromatic N) is 1. The molecule has 1 aliphatic carbocycles. The van der Waals surface area contributed by atoms with Crippen molar-refractivity contribution in [2.45, 2.75) is 25.3 Å². The molecule has 2 atom stereocenters. The first kappa shape index (κ1) is 13.3. The number of anilines is 1. The standard InChI is InChI=1S/C13H12F2N2O2/c14-10-3-7(6-16)4-11(15)12(10)17-9-2-1-8(5-9)13(18)19/h3-4,8-9,17H,1-2,5H2,(H,18,19). The zero-order chi connectivity index (χ0) is 14.0. The Morgan fingerprint density at radius 2 is 2.00 bits per heavy atom. The second-order valence-electron chi connectivity index (χ2n) is 4.62. The quantitative estimate of drug-likeness (QED) is 0.881. The Balaban J connectivity index is 2.13. The minimum Gasteiger partial charge on any atom is -0.481 e. The number of rotatable bonds is 3. The van der Waals surface area contributed by atoms with Crippen LogP contribution in [0.3, 0.4) is 0 Å². The molecule has 19 heavy (non-hydrogen) atoms. The molecule has 0 aromatic heterocycles. The first-order valence-corrected chi connectivity index (χ1v) is 5.89. The summed E-state index contributed by atoms with van der Waals surface area (Å²) in [4.78, 5) is 10.8. The first-order chi connectivity index (χ1) is 9.01. The molecule has 0 saturated heterocycles. The lowest BCUT2D eigenvalue weighted by atomic mass is 10.1. The number of nitriles is 1. The maximum Gasteiger partial charge on any atom is 0.306 e. The lowest BCUT2D eigenvalue weighted by Crippen LogP contribution is -2.19. The van der Waals surface area contributed by atoms with Crippen LogP contribution in [0.5, 0.6) is 0 Å². The fourth-order valence-electron chi connectivity index (χ4n) is 2.32. The van der Waals surface area contributed by atoms with Crippen molar-refractivity contribution in [3.05, 3.63) is 29.3 Å². The van der Waals surface area contributed by atoms with E-state index in [1.165, 1.54) is 0 Å². The summed E-state index contributed by atoms with van der Waals surface area (Å²) < 4.78 is 27.3. The number of hydrogen-bond donors (Lipinski definition) is 2. The van der Waals surface area contributed by atoms with E-state index < -0.39 is 23.5 Å². The topological polar surface area (TPSA) is 73.1 Å². The highest BCUT2D eigenvalue weighted by Gasteiger charge is 2.30. The fourth-order valence-corrected chi connectivity index (χ4v) is 2.32. The van der Waals surface area contributed by atoms with Gasteiger partial charge in [0, 0.05) is 6.04 Å². The van der Waals surface area contributed by atoms with Crippen molar-refractivity contribution >= 4 is 11.7 Å². The average molecular weight is 266 g/mol. The van der Waals surface area contributed by atoms with Gasteiger partial charge in [0.2, 0.25) is 0 Å². The molecule has 1 saturated carbocycles. The smallest absolute Gasteiger partial charge is 0.306 e. The van der Waals surface area contributed by atoms with E-state index in [0.717, 1.165) is 12.1 Å². The molecule has 1 aromatic rings. The molecule has 4 nitrogen and oxygen atoms in total. The van der Waals surface area contributed by atoms with E-state index in [0.29, 0.717) is 19.3 Å². The van der Waals surface area contributed by atoms with Crippen LogP contribution in [-0.2, 0) is 4.79 Å². The Bertz CT molecular complexity index is 531.